The van der Waals surface area contributed by atoms with Gasteiger partial charge in [0.2, 0.25) is 0 Å². The first-order valence-electron chi connectivity index (χ1n) is 3.63. The Kier molecular flexibility index (Phi) is 5.17. The van der Waals surface area contributed by atoms with Crippen molar-refractivity contribution in [2.24, 2.45) is 0 Å². The van der Waals surface area contributed by atoms with Crippen LogP contribution in [0.15, 0.2) is 24.3 Å². The van der Waals surface area contributed by atoms with Crippen molar-refractivity contribution in [2.45, 2.75) is 26.9 Å². The molecule has 0 aliphatic carbocycles. The lowest BCUT2D eigenvalue weighted by molar-refractivity contribution is -0.143. The third-order valence-electron chi connectivity index (χ3n) is 1.04. The van der Waals surface area contributed by atoms with E-state index in [0.29, 0.717) is 0 Å². The molecule has 0 aromatic heterocycles. The number of allylic oxidation sites excluding steroid dienone is 3. The van der Waals surface area contributed by atoms with Crippen molar-refractivity contribution in [2.75, 3.05) is 0 Å². The molecule has 1 atom stereocenters. The summed E-state index contributed by atoms with van der Waals surface area (Å²) in [6.07, 6.45) is 7.34. The second-order valence-corrected chi connectivity index (χ2v) is 2.23. The maximum absolute atomic E-state index is 10.4. The van der Waals surface area contributed by atoms with Crippen molar-refractivity contribution in [3.63, 3.8) is 0 Å². The number of hydrogen-bond donors (Lipinski definition) is 0. The summed E-state index contributed by atoms with van der Waals surface area (Å²) in [7, 11) is 0. The molecule has 11 heavy (non-hydrogen) atoms. The van der Waals surface area contributed by atoms with Crippen LogP contribution in [0.4, 0.5) is 0 Å². The fourth-order valence-electron chi connectivity index (χ4n) is 0.633. The summed E-state index contributed by atoms with van der Waals surface area (Å²) in [5.74, 6) is -0.248. The van der Waals surface area contributed by atoms with Crippen LogP contribution < -0.4 is 0 Å². The van der Waals surface area contributed by atoms with Gasteiger partial charge in [-0.3, -0.25) is 4.79 Å². The fourth-order valence-corrected chi connectivity index (χ4v) is 0.633. The minimum atomic E-state index is -0.248. The highest BCUT2D eigenvalue weighted by Gasteiger charge is 1.97. The molecular formula is C9H14O2. The Morgan fingerprint density at radius 3 is 2.55 bits per heavy atom. The molecule has 0 aromatic rings. The number of hydrogen-bond acceptors (Lipinski definition) is 2. The summed E-state index contributed by atoms with van der Waals surface area (Å²) in [6.45, 7) is 5.15. The van der Waals surface area contributed by atoms with E-state index in [2.05, 4.69) is 0 Å². The molecule has 0 amide bonds. The van der Waals surface area contributed by atoms with Gasteiger partial charge >= 0.3 is 5.97 Å². The Bertz CT molecular complexity index is 168. The fraction of sp³-hybridized carbons (Fsp3) is 0.444. The quantitative estimate of drug-likeness (QED) is 0.459. The van der Waals surface area contributed by atoms with Crippen molar-refractivity contribution in [3.8, 4) is 0 Å². The van der Waals surface area contributed by atoms with Crippen LogP contribution in [0, 0.1) is 0 Å². The largest absolute Gasteiger partial charge is 0.459 e. The van der Waals surface area contributed by atoms with Gasteiger partial charge in [-0.15, -0.1) is 0 Å². The molecule has 0 radical (unpaired) electrons. The van der Waals surface area contributed by atoms with Crippen molar-refractivity contribution in [1.29, 1.82) is 0 Å². The zero-order valence-corrected chi connectivity index (χ0v) is 7.20. The lowest BCUT2D eigenvalue weighted by atomic mass is 10.3. The van der Waals surface area contributed by atoms with Gasteiger partial charge in [0.15, 0.2) is 0 Å². The van der Waals surface area contributed by atoms with Gasteiger partial charge in [0, 0.05) is 6.92 Å². The van der Waals surface area contributed by atoms with E-state index in [4.69, 9.17) is 4.74 Å². The van der Waals surface area contributed by atoms with Gasteiger partial charge in [-0.25, -0.2) is 0 Å². The highest BCUT2D eigenvalue weighted by Crippen LogP contribution is 1.93. The third kappa shape index (κ3) is 6.84. The highest BCUT2D eigenvalue weighted by molar-refractivity contribution is 5.66. The lowest BCUT2D eigenvalue weighted by Crippen LogP contribution is -2.08. The van der Waals surface area contributed by atoms with Crippen molar-refractivity contribution in [3.05, 3.63) is 24.3 Å². The Morgan fingerprint density at radius 2 is 2.09 bits per heavy atom. The molecule has 0 aromatic carbocycles. The standard InChI is InChI=1S/C9H14O2/c1-4-5-6-7-8(2)11-9(3)10/h4-8H,1-3H3/b5-4-,7-6+. The molecule has 2 nitrogen and oxygen atoms in total. The maximum atomic E-state index is 10.4. The number of carbonyl (C=O) groups excluding carboxylic acids is 1. The topological polar surface area (TPSA) is 26.3 Å². The zero-order valence-electron chi connectivity index (χ0n) is 7.20. The van der Waals surface area contributed by atoms with Gasteiger partial charge in [-0.05, 0) is 19.9 Å². The number of carbonyl (C=O) groups is 1. The number of ether oxygens (including phenoxy) is 1. The molecule has 1 unspecified atom stereocenters. The summed E-state index contributed by atoms with van der Waals surface area (Å²) in [5.41, 5.74) is 0. The molecule has 0 spiro atoms. The molecule has 62 valence electrons. The van der Waals surface area contributed by atoms with E-state index in [1.807, 2.05) is 38.2 Å². The van der Waals surface area contributed by atoms with Crippen molar-refractivity contribution < 1.29 is 9.53 Å². The van der Waals surface area contributed by atoms with Crippen LogP contribution in [-0.2, 0) is 9.53 Å². The second-order valence-electron chi connectivity index (χ2n) is 2.23. The Balaban J connectivity index is 3.67. The molecule has 2 heteroatoms. The average Bonchev–Trinajstić information content (AvgIpc) is 1.86. The van der Waals surface area contributed by atoms with Crippen LogP contribution in [0.2, 0.25) is 0 Å². The summed E-state index contributed by atoms with van der Waals surface area (Å²) in [5, 5.41) is 0. The molecule has 0 N–H and O–H groups in total. The first-order valence-corrected chi connectivity index (χ1v) is 3.63. The van der Waals surface area contributed by atoms with E-state index in [9.17, 15) is 4.79 Å². The molecule has 0 heterocycles. The van der Waals surface area contributed by atoms with Crippen LogP contribution in [-0.4, -0.2) is 12.1 Å². The minimum absolute atomic E-state index is 0.135. The van der Waals surface area contributed by atoms with Crippen molar-refractivity contribution in [1.82, 2.24) is 0 Å². The van der Waals surface area contributed by atoms with Crippen molar-refractivity contribution >= 4 is 5.97 Å². The normalized spacial score (nSPS) is 14.1. The van der Waals surface area contributed by atoms with Gasteiger partial charge in [-0.1, -0.05) is 18.2 Å². The van der Waals surface area contributed by atoms with Gasteiger partial charge in [-0.2, -0.15) is 0 Å². The monoisotopic (exact) mass is 154 g/mol. The van der Waals surface area contributed by atoms with Gasteiger partial charge in [0.05, 0.1) is 0 Å². The SMILES string of the molecule is C/C=C\C=C\C(C)OC(C)=O. The molecule has 0 rings (SSSR count). The minimum Gasteiger partial charge on any atom is -0.459 e. The molecule has 0 aliphatic rings. The van der Waals surface area contributed by atoms with E-state index in [1.54, 1.807) is 0 Å². The molecule has 0 aliphatic heterocycles. The van der Waals surface area contributed by atoms with Crippen LogP contribution in [0.5, 0.6) is 0 Å². The maximum Gasteiger partial charge on any atom is 0.303 e. The third-order valence-corrected chi connectivity index (χ3v) is 1.04. The highest BCUT2D eigenvalue weighted by atomic mass is 16.5. The van der Waals surface area contributed by atoms with Gasteiger partial charge < -0.3 is 4.74 Å². The summed E-state index contributed by atoms with van der Waals surface area (Å²) < 4.78 is 4.84. The van der Waals surface area contributed by atoms with Gasteiger partial charge in [0.25, 0.3) is 0 Å². The smallest absolute Gasteiger partial charge is 0.303 e. The lowest BCUT2D eigenvalue weighted by Gasteiger charge is -2.04. The zero-order chi connectivity index (χ0) is 8.69. The van der Waals surface area contributed by atoms with E-state index in [1.165, 1.54) is 6.92 Å². The van der Waals surface area contributed by atoms with Crippen LogP contribution in [0.1, 0.15) is 20.8 Å². The molecule has 0 fully saturated rings. The molecule has 0 saturated carbocycles. The number of esters is 1. The predicted octanol–water partition coefficient (Wildman–Crippen LogP) is 2.07. The van der Waals surface area contributed by atoms with E-state index in [0.717, 1.165) is 0 Å². The Morgan fingerprint density at radius 1 is 1.45 bits per heavy atom. The number of rotatable bonds is 3. The van der Waals surface area contributed by atoms with Crippen LogP contribution in [0.3, 0.4) is 0 Å². The van der Waals surface area contributed by atoms with Crippen LogP contribution in [0.25, 0.3) is 0 Å². The van der Waals surface area contributed by atoms with Crippen LogP contribution >= 0.6 is 0 Å². The Labute approximate surface area is 67.6 Å². The van der Waals surface area contributed by atoms with Gasteiger partial charge in [0.1, 0.15) is 6.10 Å². The van der Waals surface area contributed by atoms with E-state index >= 15 is 0 Å². The Hall–Kier alpha value is -1.05. The summed E-state index contributed by atoms with van der Waals surface area (Å²) in [4.78, 5) is 10.4. The summed E-state index contributed by atoms with van der Waals surface area (Å²) in [6, 6.07) is 0. The van der Waals surface area contributed by atoms with E-state index < -0.39 is 0 Å². The van der Waals surface area contributed by atoms with E-state index in [-0.39, 0.29) is 12.1 Å². The average molecular weight is 154 g/mol. The first-order chi connectivity index (χ1) is 5.16. The summed E-state index contributed by atoms with van der Waals surface area (Å²) >= 11 is 0. The molecular weight excluding hydrogens is 140 g/mol. The molecule has 0 bridgehead atoms. The predicted molar refractivity (Wildman–Crippen MR) is 45.2 cm³/mol. The first kappa shape index (κ1) is 9.95. The molecule has 0 saturated heterocycles. The second kappa shape index (κ2) is 5.71.